The minimum absolute atomic E-state index is 0.00595. The van der Waals surface area contributed by atoms with Crippen LogP contribution in [-0.2, 0) is 0 Å². The second kappa shape index (κ2) is 13.8. The molecule has 0 bridgehead atoms. The first-order chi connectivity index (χ1) is 27.9. The summed E-state index contributed by atoms with van der Waals surface area (Å²) in [6.07, 6.45) is 0. The minimum atomic E-state index is -0.0506. The summed E-state index contributed by atoms with van der Waals surface area (Å²) in [7, 11) is 116. The Hall–Kier alpha value is -4.36. The average molecular weight is 697 g/mol. The van der Waals surface area contributed by atoms with Crippen molar-refractivity contribution < 1.29 is 0 Å². The van der Waals surface area contributed by atoms with Gasteiger partial charge in [0.05, 0.1) is 0 Å². The highest BCUT2D eigenvalue weighted by Crippen LogP contribution is 2.45. The van der Waals surface area contributed by atoms with Gasteiger partial charge in [-0.25, -0.2) is 0 Å². The van der Waals surface area contributed by atoms with Crippen molar-refractivity contribution in [2.24, 2.45) is 0 Å². The molecule has 0 N–H and O–H groups in total. The van der Waals surface area contributed by atoms with E-state index in [1.54, 1.807) is 0 Å². The molecule has 0 fully saturated rings. The molecule has 59 heavy (non-hydrogen) atoms. The Balaban J connectivity index is 1.71. The van der Waals surface area contributed by atoms with Crippen LogP contribution in [0.3, 0.4) is 0 Å². The van der Waals surface area contributed by atoms with Crippen LogP contribution in [0.4, 0.5) is 0 Å². The van der Waals surface area contributed by atoms with Gasteiger partial charge in [-0.05, 0) is 93.0 Å². The Morgan fingerprint density at radius 3 is 0.966 bits per heavy atom. The standard InChI is InChI=1S/C42H9B17/c43-26-19(22-23(32(49)40(57)39(56)31(22)48)24-25(26)34(51)42(59)41(58)33(24)50)16-20-17(27(44)35(52)37(54)29(20)46)15(18-21(16)30(47)38(55)36(53)28(18)45)14-9-10-5-1-2-6-11(10)12-7-3-4-8-13(12)14/h1-9H. The van der Waals surface area contributed by atoms with Gasteiger partial charge >= 0.3 is 0 Å². The maximum Gasteiger partial charge on any atom is 0.115 e. The summed E-state index contributed by atoms with van der Waals surface area (Å²) in [4.78, 5) is 0. The van der Waals surface area contributed by atoms with E-state index in [-0.39, 0.29) is 136 Å². The third-order valence-electron chi connectivity index (χ3n) is 12.0. The molecule has 17 heteroatoms. The molecule has 0 heterocycles. The zero-order valence-corrected chi connectivity index (χ0v) is 31.5. The Labute approximate surface area is 365 Å². The smallest absolute Gasteiger partial charge is 0.110 e. The van der Waals surface area contributed by atoms with E-state index in [1.165, 1.54) is 0 Å². The van der Waals surface area contributed by atoms with E-state index in [1.807, 2.05) is 54.6 Å². The third kappa shape index (κ3) is 5.21. The fraction of sp³-hybridized carbons (Fsp3) is 0. The van der Waals surface area contributed by atoms with Crippen molar-refractivity contribution in [3.05, 3.63) is 54.6 Å². The molecule has 0 aromatic heterocycles. The average Bonchev–Trinajstić information content (AvgIpc) is 3.24. The van der Waals surface area contributed by atoms with E-state index in [4.69, 9.17) is 133 Å². The van der Waals surface area contributed by atoms with Crippen LogP contribution in [0.5, 0.6) is 0 Å². The molecule has 228 valence electrons. The summed E-state index contributed by atoms with van der Waals surface area (Å²) in [5.41, 5.74) is 1.49. The summed E-state index contributed by atoms with van der Waals surface area (Å²) >= 11 is 0. The number of benzene rings is 9. The SMILES string of the molecule is [B]c1c([B])c([B])c2c(-c3c([B])c4c([B])c([B])c([B])c([B])c4c4c([B])c([B])c([B])c([B])c34)c3c([B])c([B])c([B])c([B])c3c(-c3cc4ccccc4c4ccccc34)c2c1[B]. The Bertz CT molecular complexity index is 3380. The predicted molar refractivity (Wildman–Crippen MR) is 274 cm³/mol. The molecule has 0 aliphatic carbocycles. The molecule has 0 saturated carbocycles. The highest BCUT2D eigenvalue weighted by Gasteiger charge is 2.29. The molecule has 0 saturated heterocycles. The quantitative estimate of drug-likeness (QED) is 0.0959. The van der Waals surface area contributed by atoms with E-state index < -0.39 is 0 Å². The van der Waals surface area contributed by atoms with Gasteiger partial charge < -0.3 is 0 Å². The van der Waals surface area contributed by atoms with E-state index >= 15 is 0 Å². The predicted octanol–water partition coefficient (Wildman–Crippen LogP) is -8.57. The van der Waals surface area contributed by atoms with Gasteiger partial charge in [-0.3, -0.25) is 0 Å². The largest absolute Gasteiger partial charge is 0.115 e. The van der Waals surface area contributed by atoms with Crippen molar-refractivity contribution in [2.45, 2.75) is 0 Å². The first-order valence-electron chi connectivity index (χ1n) is 18.1. The van der Waals surface area contributed by atoms with Crippen LogP contribution in [0.15, 0.2) is 54.6 Å². The van der Waals surface area contributed by atoms with E-state index in [0.717, 1.165) is 21.5 Å². The molecule has 9 rings (SSSR count). The first kappa shape index (κ1) is 40.1. The van der Waals surface area contributed by atoms with Gasteiger partial charge in [-0.1, -0.05) is 97.7 Å². The Kier molecular flexibility index (Phi) is 9.40. The molecule has 0 nitrogen and oxygen atoms in total. The van der Waals surface area contributed by atoms with Crippen molar-refractivity contribution in [3.8, 4) is 22.3 Å². The van der Waals surface area contributed by atoms with Crippen LogP contribution in [-0.4, -0.2) is 133 Å². The van der Waals surface area contributed by atoms with E-state index in [0.29, 0.717) is 21.9 Å². The molecule has 0 amide bonds. The maximum atomic E-state index is 7.34. The molecular formula is C42H9B17. The third-order valence-corrected chi connectivity index (χ3v) is 12.0. The number of hydrogen-bond donors (Lipinski definition) is 0. The minimum Gasteiger partial charge on any atom is -0.110 e. The lowest BCUT2D eigenvalue weighted by Crippen LogP contribution is -2.52. The molecule has 0 aliphatic heterocycles. The zero-order chi connectivity index (χ0) is 42.4. The Morgan fingerprint density at radius 2 is 0.525 bits per heavy atom. The molecular weight excluding hydrogens is 688 g/mol. The van der Waals surface area contributed by atoms with Gasteiger partial charge in [0, 0.05) is 0 Å². The van der Waals surface area contributed by atoms with E-state index in [9.17, 15) is 0 Å². The van der Waals surface area contributed by atoms with Gasteiger partial charge in [-0.2, -0.15) is 0 Å². The summed E-state index contributed by atoms with van der Waals surface area (Å²) in [5.74, 6) is 0. The number of fused-ring (bicyclic) bond motifs is 8. The van der Waals surface area contributed by atoms with Crippen molar-refractivity contribution in [3.63, 3.8) is 0 Å². The van der Waals surface area contributed by atoms with Gasteiger partial charge in [0.1, 0.15) is 133 Å². The molecule has 34 radical (unpaired) electrons. The molecule has 9 aromatic rings. The van der Waals surface area contributed by atoms with Gasteiger partial charge in [-0.15, -0.1) is 43.7 Å². The monoisotopic (exact) mass is 700 g/mol. The maximum absolute atomic E-state index is 7.34. The first-order valence-corrected chi connectivity index (χ1v) is 18.1. The fourth-order valence-electron chi connectivity index (χ4n) is 8.96. The summed E-state index contributed by atoms with van der Waals surface area (Å²) in [6, 6.07) is 17.9. The van der Waals surface area contributed by atoms with Crippen molar-refractivity contribution in [1.29, 1.82) is 0 Å². The van der Waals surface area contributed by atoms with Gasteiger partial charge in [0.2, 0.25) is 0 Å². The molecule has 0 spiro atoms. The Morgan fingerprint density at radius 1 is 0.220 bits per heavy atom. The normalized spacial score (nSPS) is 11.9. The number of rotatable bonds is 2. The van der Waals surface area contributed by atoms with Crippen molar-refractivity contribution in [1.82, 2.24) is 0 Å². The lowest BCUT2D eigenvalue weighted by atomic mass is 9.56. The van der Waals surface area contributed by atoms with E-state index in [2.05, 4.69) is 0 Å². The van der Waals surface area contributed by atoms with Crippen LogP contribution in [0, 0.1) is 0 Å². The highest BCUT2D eigenvalue weighted by molar-refractivity contribution is 6.76. The molecule has 9 aromatic carbocycles. The van der Waals surface area contributed by atoms with Crippen LogP contribution < -0.4 is 92.9 Å². The number of hydrogen-bond acceptors (Lipinski definition) is 0. The lowest BCUT2D eigenvalue weighted by Gasteiger charge is -2.32. The van der Waals surface area contributed by atoms with Crippen LogP contribution >= 0.6 is 0 Å². The second-order valence-corrected chi connectivity index (χ2v) is 14.8. The molecule has 0 atom stereocenters. The lowest BCUT2D eigenvalue weighted by molar-refractivity contribution is 1.75. The van der Waals surface area contributed by atoms with Gasteiger partial charge in [0.15, 0.2) is 0 Å². The van der Waals surface area contributed by atoms with Crippen LogP contribution in [0.2, 0.25) is 0 Å². The molecule has 0 unspecified atom stereocenters. The molecule has 0 aliphatic rings. The zero-order valence-electron chi connectivity index (χ0n) is 31.5. The van der Waals surface area contributed by atoms with Crippen LogP contribution in [0.25, 0.3) is 86.9 Å². The van der Waals surface area contributed by atoms with Crippen molar-refractivity contribution >= 4 is 291 Å². The summed E-state index contributed by atoms with van der Waals surface area (Å²) in [5, 5.41) is 5.62. The topological polar surface area (TPSA) is 0 Å². The second-order valence-electron chi connectivity index (χ2n) is 14.8. The summed E-state index contributed by atoms with van der Waals surface area (Å²) in [6.45, 7) is 0. The fourth-order valence-corrected chi connectivity index (χ4v) is 8.96. The van der Waals surface area contributed by atoms with Gasteiger partial charge in [0.25, 0.3) is 0 Å². The highest BCUT2D eigenvalue weighted by atomic mass is 14.3. The van der Waals surface area contributed by atoms with Crippen LogP contribution in [0.1, 0.15) is 0 Å². The summed E-state index contributed by atoms with van der Waals surface area (Å²) < 4.78 is 0. The van der Waals surface area contributed by atoms with Crippen molar-refractivity contribution in [2.75, 3.05) is 0 Å².